The van der Waals surface area contributed by atoms with Crippen LogP contribution < -0.4 is 0 Å². The SMILES string of the molecule is Cc1nc2ccc(SCC(=O)O)cc2s1. The largest absolute Gasteiger partial charge is 0.481 e. The van der Waals surface area contributed by atoms with Crippen LogP contribution in [0.4, 0.5) is 0 Å². The first kappa shape index (κ1) is 10.4. The van der Waals surface area contributed by atoms with Gasteiger partial charge in [-0.05, 0) is 25.1 Å². The molecule has 0 bridgehead atoms. The number of hydrogen-bond acceptors (Lipinski definition) is 4. The van der Waals surface area contributed by atoms with Gasteiger partial charge in [-0.15, -0.1) is 23.1 Å². The quantitative estimate of drug-likeness (QED) is 0.837. The van der Waals surface area contributed by atoms with Crippen molar-refractivity contribution in [2.75, 3.05) is 5.75 Å². The molecule has 0 atom stereocenters. The second-order valence-electron chi connectivity index (χ2n) is 3.04. The Morgan fingerprint density at radius 1 is 1.60 bits per heavy atom. The summed E-state index contributed by atoms with van der Waals surface area (Å²) in [6.07, 6.45) is 0. The second kappa shape index (κ2) is 4.20. The van der Waals surface area contributed by atoms with Gasteiger partial charge in [-0.25, -0.2) is 4.98 Å². The predicted molar refractivity (Wildman–Crippen MR) is 62.7 cm³/mol. The molecule has 0 aliphatic heterocycles. The molecule has 0 saturated heterocycles. The molecule has 1 heterocycles. The van der Waals surface area contributed by atoms with Crippen molar-refractivity contribution in [1.82, 2.24) is 4.98 Å². The van der Waals surface area contributed by atoms with E-state index in [4.69, 9.17) is 5.11 Å². The molecule has 0 amide bonds. The molecule has 15 heavy (non-hydrogen) atoms. The summed E-state index contributed by atoms with van der Waals surface area (Å²) in [5.41, 5.74) is 0.983. The summed E-state index contributed by atoms with van der Waals surface area (Å²) < 4.78 is 1.11. The Labute approximate surface area is 95.1 Å². The van der Waals surface area contributed by atoms with Crippen LogP contribution in [0, 0.1) is 6.92 Å². The first-order chi connectivity index (χ1) is 7.15. The van der Waals surface area contributed by atoms with Gasteiger partial charge < -0.3 is 5.11 Å². The predicted octanol–water partition coefficient (Wildman–Crippen LogP) is 2.78. The van der Waals surface area contributed by atoms with E-state index in [2.05, 4.69) is 4.98 Å². The van der Waals surface area contributed by atoms with Crippen LogP contribution in [0.15, 0.2) is 23.1 Å². The number of thiazole rings is 1. The molecule has 0 radical (unpaired) electrons. The third-order valence-corrected chi connectivity index (χ3v) is 3.74. The maximum absolute atomic E-state index is 10.4. The lowest BCUT2D eigenvalue weighted by Gasteiger charge is -1.97. The first-order valence-electron chi connectivity index (χ1n) is 4.37. The van der Waals surface area contributed by atoms with Crippen LogP contribution in [0.3, 0.4) is 0 Å². The molecule has 0 fully saturated rings. The van der Waals surface area contributed by atoms with Crippen molar-refractivity contribution in [2.24, 2.45) is 0 Å². The van der Waals surface area contributed by atoms with E-state index in [1.807, 2.05) is 25.1 Å². The van der Waals surface area contributed by atoms with Gasteiger partial charge in [0.15, 0.2) is 0 Å². The van der Waals surface area contributed by atoms with E-state index in [9.17, 15) is 4.79 Å². The minimum absolute atomic E-state index is 0.100. The van der Waals surface area contributed by atoms with E-state index < -0.39 is 5.97 Å². The minimum Gasteiger partial charge on any atom is -0.481 e. The van der Waals surface area contributed by atoms with Crippen LogP contribution in [0.2, 0.25) is 0 Å². The zero-order valence-corrected chi connectivity index (χ0v) is 9.69. The summed E-state index contributed by atoms with van der Waals surface area (Å²) in [6, 6.07) is 5.84. The Bertz CT molecular complexity index is 507. The van der Waals surface area contributed by atoms with Gasteiger partial charge >= 0.3 is 5.97 Å². The summed E-state index contributed by atoms with van der Waals surface area (Å²) in [4.78, 5) is 15.7. The Balaban J connectivity index is 2.26. The van der Waals surface area contributed by atoms with Gasteiger partial charge in [0.2, 0.25) is 0 Å². The summed E-state index contributed by atoms with van der Waals surface area (Å²) in [6.45, 7) is 1.97. The number of hydrogen-bond donors (Lipinski definition) is 1. The molecule has 0 spiro atoms. The molecule has 0 aliphatic rings. The summed E-state index contributed by atoms with van der Waals surface area (Å²) in [5.74, 6) is -0.691. The van der Waals surface area contributed by atoms with Gasteiger partial charge in [0.05, 0.1) is 21.0 Å². The number of thioether (sulfide) groups is 1. The van der Waals surface area contributed by atoms with Crippen molar-refractivity contribution in [3.63, 3.8) is 0 Å². The van der Waals surface area contributed by atoms with Crippen LogP contribution in [0.5, 0.6) is 0 Å². The number of aromatic nitrogens is 1. The fourth-order valence-electron chi connectivity index (χ4n) is 1.26. The lowest BCUT2D eigenvalue weighted by atomic mass is 10.3. The maximum Gasteiger partial charge on any atom is 0.313 e. The standard InChI is InChI=1S/C10H9NO2S2/c1-6-11-8-3-2-7(4-9(8)15-6)14-5-10(12)13/h2-4H,5H2,1H3,(H,12,13). The molecule has 0 saturated carbocycles. The Kier molecular flexibility index (Phi) is 2.93. The number of carboxylic acids is 1. The molecular formula is C10H9NO2S2. The number of nitrogens with zero attached hydrogens (tertiary/aromatic N) is 1. The Hall–Kier alpha value is -1.07. The Morgan fingerprint density at radius 3 is 3.13 bits per heavy atom. The van der Waals surface area contributed by atoms with Gasteiger partial charge in [-0.1, -0.05) is 0 Å². The highest BCUT2D eigenvalue weighted by molar-refractivity contribution is 8.00. The highest BCUT2D eigenvalue weighted by atomic mass is 32.2. The molecule has 3 nitrogen and oxygen atoms in total. The smallest absolute Gasteiger partial charge is 0.313 e. The van der Waals surface area contributed by atoms with Crippen LogP contribution in [0.25, 0.3) is 10.2 Å². The molecule has 1 aromatic carbocycles. The van der Waals surface area contributed by atoms with E-state index in [-0.39, 0.29) is 5.75 Å². The van der Waals surface area contributed by atoms with Gasteiger partial charge in [0.1, 0.15) is 0 Å². The highest BCUT2D eigenvalue weighted by Crippen LogP contribution is 2.27. The van der Waals surface area contributed by atoms with Crippen molar-refractivity contribution in [2.45, 2.75) is 11.8 Å². The van der Waals surface area contributed by atoms with Crippen LogP contribution in [0.1, 0.15) is 5.01 Å². The maximum atomic E-state index is 10.4. The van der Waals surface area contributed by atoms with Crippen molar-refractivity contribution >= 4 is 39.3 Å². The fraction of sp³-hybridized carbons (Fsp3) is 0.200. The van der Waals surface area contributed by atoms with E-state index in [0.717, 1.165) is 20.1 Å². The van der Waals surface area contributed by atoms with Crippen LogP contribution >= 0.6 is 23.1 Å². The topological polar surface area (TPSA) is 50.2 Å². The first-order valence-corrected chi connectivity index (χ1v) is 6.17. The number of benzene rings is 1. The highest BCUT2D eigenvalue weighted by Gasteiger charge is 2.03. The van der Waals surface area contributed by atoms with Crippen molar-refractivity contribution < 1.29 is 9.90 Å². The van der Waals surface area contributed by atoms with E-state index in [1.54, 1.807) is 11.3 Å². The minimum atomic E-state index is -0.791. The van der Waals surface area contributed by atoms with Gasteiger partial charge in [0.25, 0.3) is 0 Å². The second-order valence-corrected chi connectivity index (χ2v) is 5.33. The van der Waals surface area contributed by atoms with Gasteiger partial charge in [0, 0.05) is 4.90 Å². The van der Waals surface area contributed by atoms with Crippen LogP contribution in [-0.2, 0) is 4.79 Å². The average Bonchev–Trinajstić information content (AvgIpc) is 2.53. The number of aryl methyl sites for hydroxylation is 1. The zero-order valence-electron chi connectivity index (χ0n) is 8.06. The lowest BCUT2D eigenvalue weighted by Crippen LogP contribution is -1.96. The van der Waals surface area contributed by atoms with Crippen molar-refractivity contribution in [1.29, 1.82) is 0 Å². The molecule has 5 heteroatoms. The number of fused-ring (bicyclic) bond motifs is 1. The number of rotatable bonds is 3. The normalized spacial score (nSPS) is 10.7. The molecule has 1 aromatic heterocycles. The number of carboxylic acid groups (broad SMARTS) is 1. The monoisotopic (exact) mass is 239 g/mol. The van der Waals surface area contributed by atoms with E-state index in [1.165, 1.54) is 11.8 Å². The third-order valence-electron chi connectivity index (χ3n) is 1.83. The van der Waals surface area contributed by atoms with E-state index >= 15 is 0 Å². The molecule has 2 aromatic rings. The molecular weight excluding hydrogens is 230 g/mol. The molecule has 0 aliphatic carbocycles. The zero-order chi connectivity index (χ0) is 10.8. The van der Waals surface area contributed by atoms with Gasteiger partial charge in [-0.2, -0.15) is 0 Å². The fourth-order valence-corrected chi connectivity index (χ4v) is 2.85. The average molecular weight is 239 g/mol. The lowest BCUT2D eigenvalue weighted by molar-refractivity contribution is -0.133. The molecule has 2 rings (SSSR count). The third kappa shape index (κ3) is 2.49. The van der Waals surface area contributed by atoms with E-state index in [0.29, 0.717) is 0 Å². The van der Waals surface area contributed by atoms with Crippen molar-refractivity contribution in [3.8, 4) is 0 Å². The van der Waals surface area contributed by atoms with Crippen molar-refractivity contribution in [3.05, 3.63) is 23.2 Å². The molecule has 78 valence electrons. The number of aliphatic carboxylic acids is 1. The summed E-state index contributed by atoms with van der Waals surface area (Å²) in [5, 5.41) is 9.59. The Morgan fingerprint density at radius 2 is 2.40 bits per heavy atom. The van der Waals surface area contributed by atoms with Crippen LogP contribution in [-0.4, -0.2) is 21.8 Å². The van der Waals surface area contributed by atoms with Gasteiger partial charge in [-0.3, -0.25) is 4.79 Å². The molecule has 1 N–H and O–H groups in total. The summed E-state index contributed by atoms with van der Waals surface area (Å²) >= 11 is 2.96. The summed E-state index contributed by atoms with van der Waals surface area (Å²) in [7, 11) is 0. The molecule has 0 unspecified atom stereocenters. The number of carbonyl (C=O) groups is 1.